The molecule has 2 aromatic rings. The highest BCUT2D eigenvalue weighted by molar-refractivity contribution is 6.31. The maximum absolute atomic E-state index is 11.9. The topological polar surface area (TPSA) is 134 Å². The number of nitro benzene ring substituents is 1. The minimum absolute atomic E-state index is 0.0580. The van der Waals surface area contributed by atoms with Crippen molar-refractivity contribution in [3.63, 3.8) is 0 Å². The van der Waals surface area contributed by atoms with Gasteiger partial charge in [0, 0.05) is 35.2 Å². The lowest BCUT2D eigenvalue weighted by Gasteiger charge is -2.06. The molecule has 0 bridgehead atoms. The van der Waals surface area contributed by atoms with Gasteiger partial charge in [-0.05, 0) is 36.8 Å². The highest BCUT2D eigenvalue weighted by Crippen LogP contribution is 2.25. The molecule has 2 rings (SSSR count). The van der Waals surface area contributed by atoms with Gasteiger partial charge in [0.2, 0.25) is 11.8 Å². The van der Waals surface area contributed by atoms with Crippen molar-refractivity contribution in [3.05, 3.63) is 62.7 Å². The third-order valence-corrected chi connectivity index (χ3v) is 4.04. The van der Waals surface area contributed by atoms with Crippen LogP contribution >= 0.6 is 11.6 Å². The second-order valence-corrected chi connectivity index (χ2v) is 6.22. The molecule has 2 amide bonds. The Bertz CT molecular complexity index is 946. The van der Waals surface area contributed by atoms with E-state index in [-0.39, 0.29) is 18.7 Å². The molecule has 0 aliphatic heterocycles. The number of carbonyl (C=O) groups excluding carboxylic acids is 2. The van der Waals surface area contributed by atoms with Crippen molar-refractivity contribution in [3.8, 4) is 5.75 Å². The maximum Gasteiger partial charge on any atom is 0.311 e. The number of benzene rings is 2. The Morgan fingerprint density at radius 3 is 2.61 bits per heavy atom. The Hall–Kier alpha value is -3.46. The van der Waals surface area contributed by atoms with E-state index in [1.165, 1.54) is 12.3 Å². The van der Waals surface area contributed by atoms with Gasteiger partial charge >= 0.3 is 5.69 Å². The summed E-state index contributed by atoms with van der Waals surface area (Å²) in [4.78, 5) is 33.7. The largest absolute Gasteiger partial charge is 0.502 e. The second-order valence-electron chi connectivity index (χ2n) is 5.81. The predicted molar refractivity (Wildman–Crippen MR) is 105 cm³/mol. The molecule has 0 saturated heterocycles. The zero-order valence-electron chi connectivity index (χ0n) is 14.8. The number of hydrogen-bond acceptors (Lipinski definition) is 6. The van der Waals surface area contributed by atoms with Gasteiger partial charge in [-0.2, -0.15) is 5.10 Å². The fourth-order valence-electron chi connectivity index (χ4n) is 2.12. The summed E-state index contributed by atoms with van der Waals surface area (Å²) in [6, 6.07) is 8.77. The lowest BCUT2D eigenvalue weighted by molar-refractivity contribution is -0.385. The SMILES string of the molecule is Cc1ccc(NC(=O)CCC(=O)N/N=C/c2ccc(O)c([N+](=O)[O-])c2)cc1Cl. The van der Waals surface area contributed by atoms with Gasteiger partial charge in [-0.3, -0.25) is 19.7 Å². The van der Waals surface area contributed by atoms with Crippen LogP contribution in [0.2, 0.25) is 5.02 Å². The molecule has 2 aromatic carbocycles. The molecule has 28 heavy (non-hydrogen) atoms. The fourth-order valence-corrected chi connectivity index (χ4v) is 2.30. The van der Waals surface area contributed by atoms with E-state index in [9.17, 15) is 24.8 Å². The first-order valence-electron chi connectivity index (χ1n) is 8.11. The number of nitrogens with zero attached hydrogens (tertiary/aromatic N) is 2. The van der Waals surface area contributed by atoms with Gasteiger partial charge in [-0.15, -0.1) is 0 Å². The molecule has 0 unspecified atom stereocenters. The van der Waals surface area contributed by atoms with E-state index in [4.69, 9.17) is 11.6 Å². The van der Waals surface area contributed by atoms with E-state index in [0.29, 0.717) is 16.3 Å². The van der Waals surface area contributed by atoms with Crippen LogP contribution in [0.25, 0.3) is 0 Å². The number of nitrogens with one attached hydrogen (secondary N) is 2. The number of nitro groups is 1. The van der Waals surface area contributed by atoms with Gasteiger partial charge in [-0.1, -0.05) is 17.7 Å². The minimum atomic E-state index is -0.731. The third kappa shape index (κ3) is 6.06. The number of aryl methyl sites for hydroxylation is 1. The van der Waals surface area contributed by atoms with Crippen molar-refractivity contribution in [2.75, 3.05) is 5.32 Å². The standard InChI is InChI=1S/C18H17ClN4O5/c1-11-2-4-13(9-14(11)19)21-17(25)6-7-18(26)22-20-10-12-3-5-16(24)15(8-12)23(27)28/h2-5,8-10,24H,6-7H2,1H3,(H,21,25)(H,22,26)/b20-10+. The van der Waals surface area contributed by atoms with E-state index < -0.39 is 22.3 Å². The number of phenolic OH excluding ortho intramolecular Hbond substituents is 1. The van der Waals surface area contributed by atoms with Crippen LogP contribution in [-0.4, -0.2) is 28.1 Å². The Kier molecular flexibility index (Phi) is 7.05. The van der Waals surface area contributed by atoms with Crippen LogP contribution in [0.4, 0.5) is 11.4 Å². The van der Waals surface area contributed by atoms with Gasteiger partial charge in [0.25, 0.3) is 0 Å². The van der Waals surface area contributed by atoms with Gasteiger partial charge < -0.3 is 10.4 Å². The number of hydrazone groups is 1. The number of halogens is 1. The molecule has 0 spiro atoms. The van der Waals surface area contributed by atoms with Crippen molar-refractivity contribution in [1.82, 2.24) is 5.43 Å². The highest BCUT2D eigenvalue weighted by Gasteiger charge is 2.13. The first-order chi connectivity index (χ1) is 13.3. The van der Waals surface area contributed by atoms with E-state index in [0.717, 1.165) is 17.7 Å². The quantitative estimate of drug-likeness (QED) is 0.370. The van der Waals surface area contributed by atoms with E-state index in [2.05, 4.69) is 15.8 Å². The normalized spacial score (nSPS) is 10.6. The summed E-state index contributed by atoms with van der Waals surface area (Å²) in [7, 11) is 0. The van der Waals surface area contributed by atoms with Crippen molar-refractivity contribution in [2.24, 2.45) is 5.10 Å². The minimum Gasteiger partial charge on any atom is -0.502 e. The van der Waals surface area contributed by atoms with Gasteiger partial charge in [-0.25, -0.2) is 5.43 Å². The smallest absolute Gasteiger partial charge is 0.311 e. The van der Waals surface area contributed by atoms with Crippen LogP contribution in [-0.2, 0) is 9.59 Å². The van der Waals surface area contributed by atoms with Crippen molar-refractivity contribution >= 4 is 41.0 Å². The summed E-state index contributed by atoms with van der Waals surface area (Å²) in [5.41, 5.74) is 3.50. The predicted octanol–water partition coefficient (Wildman–Crippen LogP) is 3.13. The lowest BCUT2D eigenvalue weighted by atomic mass is 10.2. The van der Waals surface area contributed by atoms with E-state index in [1.54, 1.807) is 18.2 Å². The molecule has 0 atom stereocenters. The lowest BCUT2D eigenvalue weighted by Crippen LogP contribution is -2.20. The Morgan fingerprint density at radius 1 is 1.21 bits per heavy atom. The molecule has 0 aromatic heterocycles. The van der Waals surface area contributed by atoms with Gasteiger partial charge in [0.05, 0.1) is 11.1 Å². The molecule has 146 valence electrons. The number of rotatable bonds is 7. The van der Waals surface area contributed by atoms with Gasteiger partial charge in [0.1, 0.15) is 0 Å². The first-order valence-corrected chi connectivity index (χ1v) is 8.49. The Morgan fingerprint density at radius 2 is 1.93 bits per heavy atom. The zero-order chi connectivity index (χ0) is 20.7. The number of anilines is 1. The van der Waals surface area contributed by atoms with Crippen LogP contribution in [0.1, 0.15) is 24.0 Å². The monoisotopic (exact) mass is 404 g/mol. The van der Waals surface area contributed by atoms with Crippen LogP contribution in [0.3, 0.4) is 0 Å². The van der Waals surface area contributed by atoms with Crippen molar-refractivity contribution < 1.29 is 19.6 Å². The van der Waals surface area contributed by atoms with Crippen LogP contribution in [0.5, 0.6) is 5.75 Å². The number of hydrogen-bond donors (Lipinski definition) is 3. The molecule has 9 nitrogen and oxygen atoms in total. The first kappa shape index (κ1) is 20.8. The van der Waals surface area contributed by atoms with Crippen LogP contribution in [0.15, 0.2) is 41.5 Å². The highest BCUT2D eigenvalue weighted by atomic mass is 35.5. The fraction of sp³-hybridized carbons (Fsp3) is 0.167. The Labute approximate surface area is 165 Å². The Balaban J connectivity index is 1.81. The molecule has 0 aliphatic rings. The summed E-state index contributed by atoms with van der Waals surface area (Å²) in [6.07, 6.45) is 1.04. The molecule has 10 heteroatoms. The maximum atomic E-state index is 11.9. The molecular formula is C18H17ClN4O5. The second kappa shape index (κ2) is 9.47. The molecule has 0 radical (unpaired) electrons. The number of carbonyl (C=O) groups is 2. The van der Waals surface area contributed by atoms with Crippen LogP contribution in [0, 0.1) is 17.0 Å². The number of amides is 2. The van der Waals surface area contributed by atoms with E-state index in [1.807, 2.05) is 6.92 Å². The molecule has 3 N–H and O–H groups in total. The average Bonchev–Trinajstić information content (AvgIpc) is 2.64. The van der Waals surface area contributed by atoms with Crippen LogP contribution < -0.4 is 10.7 Å². The molecule has 0 saturated carbocycles. The summed E-state index contributed by atoms with van der Waals surface area (Å²) in [6.45, 7) is 1.84. The molecule has 0 heterocycles. The number of aromatic hydroxyl groups is 1. The summed E-state index contributed by atoms with van der Waals surface area (Å²) >= 11 is 5.99. The van der Waals surface area contributed by atoms with E-state index >= 15 is 0 Å². The van der Waals surface area contributed by atoms with Gasteiger partial charge in [0.15, 0.2) is 5.75 Å². The molecule has 0 fully saturated rings. The summed E-state index contributed by atoms with van der Waals surface area (Å²) in [5.74, 6) is -1.32. The molecular weight excluding hydrogens is 388 g/mol. The third-order valence-electron chi connectivity index (χ3n) is 3.63. The summed E-state index contributed by atoms with van der Waals surface area (Å²) in [5, 5.41) is 27.0. The van der Waals surface area contributed by atoms with Crippen molar-refractivity contribution in [2.45, 2.75) is 19.8 Å². The van der Waals surface area contributed by atoms with Crippen molar-refractivity contribution in [1.29, 1.82) is 0 Å². The molecule has 0 aliphatic carbocycles. The summed E-state index contributed by atoms with van der Waals surface area (Å²) < 4.78 is 0. The average molecular weight is 405 g/mol. The zero-order valence-corrected chi connectivity index (χ0v) is 15.6. The number of phenols is 1.